The number of nitrogens with one attached hydrogen (secondary N) is 1. The van der Waals surface area contributed by atoms with Gasteiger partial charge in [-0.1, -0.05) is 29.8 Å². The first-order valence-electron chi connectivity index (χ1n) is 7.82. The molecule has 7 nitrogen and oxygen atoms in total. The number of carbonyl (C=O) groups excluding carboxylic acids is 2. The molecule has 1 heterocycles. The Bertz CT molecular complexity index is 1150. The number of halogens is 1. The number of esters is 1. The van der Waals surface area contributed by atoms with Gasteiger partial charge in [0, 0.05) is 22.7 Å². The summed E-state index contributed by atoms with van der Waals surface area (Å²) in [6.07, 6.45) is 0.442. The summed E-state index contributed by atoms with van der Waals surface area (Å²) in [6.45, 7) is 1.43. The van der Waals surface area contributed by atoms with E-state index in [1.807, 2.05) is 12.1 Å². The van der Waals surface area contributed by atoms with Crippen molar-refractivity contribution in [3.05, 3.63) is 64.8 Å². The number of benzene rings is 2. The molecule has 1 aromatic heterocycles. The predicted molar refractivity (Wildman–Crippen MR) is 100 cm³/mol. The van der Waals surface area contributed by atoms with E-state index in [0.717, 1.165) is 11.6 Å². The van der Waals surface area contributed by atoms with Gasteiger partial charge in [-0.25, -0.2) is 18.4 Å². The van der Waals surface area contributed by atoms with E-state index in [4.69, 9.17) is 21.5 Å². The number of ether oxygens (including phenoxy) is 1. The summed E-state index contributed by atoms with van der Waals surface area (Å²) in [6, 6.07) is 10.6. The van der Waals surface area contributed by atoms with Crippen LogP contribution in [0.4, 0.5) is 0 Å². The molecule has 0 radical (unpaired) electrons. The van der Waals surface area contributed by atoms with E-state index in [0.29, 0.717) is 10.9 Å². The molecule has 9 heteroatoms. The number of Topliss-reactive ketones (excluding diaryl/α,β-unsaturated/α-hetero) is 1. The third-order valence-corrected chi connectivity index (χ3v) is 5.23. The van der Waals surface area contributed by atoms with Gasteiger partial charge in [-0.2, -0.15) is 0 Å². The second-order valence-electron chi connectivity index (χ2n) is 5.85. The lowest BCUT2D eigenvalue weighted by Gasteiger charge is -2.13. The molecule has 0 bridgehead atoms. The Morgan fingerprint density at radius 3 is 2.56 bits per heavy atom. The Balaban J connectivity index is 1.85. The van der Waals surface area contributed by atoms with Crippen molar-refractivity contribution in [1.29, 1.82) is 0 Å². The van der Waals surface area contributed by atoms with E-state index in [-0.39, 0.29) is 15.5 Å². The average molecular weight is 407 g/mol. The minimum Gasteiger partial charge on any atom is -0.451 e. The quantitative estimate of drug-likeness (QED) is 0.498. The van der Waals surface area contributed by atoms with Crippen molar-refractivity contribution in [1.82, 2.24) is 4.98 Å². The molecule has 0 aliphatic rings. The second-order valence-corrected chi connectivity index (χ2v) is 7.82. The van der Waals surface area contributed by atoms with Crippen molar-refractivity contribution in [3.8, 4) is 0 Å². The number of carbonyl (C=O) groups is 2. The van der Waals surface area contributed by atoms with E-state index in [2.05, 4.69) is 4.98 Å². The van der Waals surface area contributed by atoms with Crippen LogP contribution in [0.15, 0.2) is 53.6 Å². The maximum atomic E-state index is 12.7. The zero-order valence-electron chi connectivity index (χ0n) is 14.1. The molecule has 3 aromatic rings. The van der Waals surface area contributed by atoms with Crippen LogP contribution in [-0.2, 0) is 14.8 Å². The van der Waals surface area contributed by atoms with E-state index < -0.39 is 27.9 Å². The van der Waals surface area contributed by atoms with Gasteiger partial charge in [-0.15, -0.1) is 0 Å². The molecular formula is C18H15ClN2O5S. The first-order valence-corrected chi connectivity index (χ1v) is 9.74. The molecule has 0 saturated carbocycles. The molecule has 0 spiro atoms. The summed E-state index contributed by atoms with van der Waals surface area (Å²) in [5.41, 5.74) is 0.973. The number of aromatic amines is 1. The second kappa shape index (κ2) is 7.15. The highest BCUT2D eigenvalue weighted by Gasteiger charge is 2.24. The summed E-state index contributed by atoms with van der Waals surface area (Å²) in [7, 11) is -4.02. The molecule has 1 unspecified atom stereocenters. The van der Waals surface area contributed by atoms with Crippen LogP contribution in [0, 0.1) is 0 Å². The summed E-state index contributed by atoms with van der Waals surface area (Å²) >= 11 is 5.96. The minimum atomic E-state index is -4.02. The Labute approximate surface area is 160 Å². The number of ketones is 1. The summed E-state index contributed by atoms with van der Waals surface area (Å²) in [5, 5.41) is 5.76. The van der Waals surface area contributed by atoms with Crippen LogP contribution < -0.4 is 5.14 Å². The highest BCUT2D eigenvalue weighted by Crippen LogP contribution is 2.23. The number of sulfonamides is 1. The van der Waals surface area contributed by atoms with Gasteiger partial charge >= 0.3 is 5.97 Å². The zero-order chi connectivity index (χ0) is 19.8. The highest BCUT2D eigenvalue weighted by molar-refractivity contribution is 7.89. The van der Waals surface area contributed by atoms with Crippen molar-refractivity contribution < 1.29 is 22.7 Å². The van der Waals surface area contributed by atoms with Crippen molar-refractivity contribution in [2.24, 2.45) is 5.14 Å². The minimum absolute atomic E-state index is 0.0147. The molecule has 2 aromatic carbocycles. The number of primary sulfonamides is 1. The van der Waals surface area contributed by atoms with Gasteiger partial charge in [0.25, 0.3) is 0 Å². The number of rotatable bonds is 5. The lowest BCUT2D eigenvalue weighted by molar-refractivity contribution is 0.0319. The fourth-order valence-corrected chi connectivity index (χ4v) is 3.34. The van der Waals surface area contributed by atoms with Crippen LogP contribution in [0.5, 0.6) is 0 Å². The Morgan fingerprint density at radius 2 is 1.85 bits per heavy atom. The number of H-pyrrole nitrogens is 1. The molecular weight excluding hydrogens is 392 g/mol. The first kappa shape index (κ1) is 19.1. The Kier molecular flexibility index (Phi) is 5.05. The number of aromatic nitrogens is 1. The molecule has 0 saturated heterocycles. The normalized spacial score (nSPS) is 12.7. The lowest BCUT2D eigenvalue weighted by atomic mass is 10.1. The van der Waals surface area contributed by atoms with E-state index in [9.17, 15) is 18.0 Å². The predicted octanol–water partition coefficient (Wildman–Crippen LogP) is 2.90. The van der Waals surface area contributed by atoms with Crippen LogP contribution in [0.3, 0.4) is 0 Å². The molecule has 27 heavy (non-hydrogen) atoms. The zero-order valence-corrected chi connectivity index (χ0v) is 15.7. The third kappa shape index (κ3) is 3.87. The number of nitrogens with two attached hydrogens (primary N) is 1. The summed E-state index contributed by atoms with van der Waals surface area (Å²) < 4.78 is 28.1. The number of fused-ring (bicyclic) bond motifs is 1. The topological polar surface area (TPSA) is 119 Å². The van der Waals surface area contributed by atoms with E-state index >= 15 is 0 Å². The molecule has 0 aliphatic heterocycles. The van der Waals surface area contributed by atoms with E-state index in [1.165, 1.54) is 19.1 Å². The smallest absolute Gasteiger partial charge is 0.340 e. The summed E-state index contributed by atoms with van der Waals surface area (Å²) in [4.78, 5) is 27.7. The maximum absolute atomic E-state index is 12.7. The van der Waals surface area contributed by atoms with Gasteiger partial charge < -0.3 is 9.72 Å². The maximum Gasteiger partial charge on any atom is 0.340 e. The fraction of sp³-hybridized carbons (Fsp3) is 0.111. The molecule has 1 atom stereocenters. The third-order valence-electron chi connectivity index (χ3n) is 3.99. The molecule has 0 fully saturated rings. The van der Waals surface area contributed by atoms with Crippen LogP contribution in [0.25, 0.3) is 10.9 Å². The highest BCUT2D eigenvalue weighted by atomic mass is 35.5. The van der Waals surface area contributed by atoms with Gasteiger partial charge in [0.2, 0.25) is 15.8 Å². The number of para-hydroxylation sites is 1. The average Bonchev–Trinajstić information content (AvgIpc) is 3.04. The Morgan fingerprint density at radius 1 is 1.15 bits per heavy atom. The van der Waals surface area contributed by atoms with Gasteiger partial charge in [0.1, 0.15) is 0 Å². The van der Waals surface area contributed by atoms with Crippen molar-refractivity contribution in [3.63, 3.8) is 0 Å². The Hall–Kier alpha value is -2.68. The van der Waals surface area contributed by atoms with Gasteiger partial charge in [-0.05, 0) is 31.2 Å². The molecule has 3 rings (SSSR count). The standard InChI is InChI=1S/C18H15ClN2O5S/c1-10(17(22)14-9-21-16-5-3-2-4-12(14)16)26-18(23)13-8-11(27(20,24)25)6-7-15(13)19/h2-10,21H,1H3,(H2,20,24,25). The first-order chi connectivity index (χ1) is 12.7. The van der Waals surface area contributed by atoms with Gasteiger partial charge in [0.05, 0.1) is 15.5 Å². The van der Waals surface area contributed by atoms with Crippen molar-refractivity contribution in [2.75, 3.05) is 0 Å². The van der Waals surface area contributed by atoms with Gasteiger partial charge in [0.15, 0.2) is 6.10 Å². The van der Waals surface area contributed by atoms with Crippen molar-refractivity contribution >= 4 is 44.3 Å². The monoisotopic (exact) mass is 406 g/mol. The lowest BCUT2D eigenvalue weighted by Crippen LogP contribution is -2.24. The number of hydrogen-bond donors (Lipinski definition) is 2. The fourth-order valence-electron chi connectivity index (χ4n) is 2.61. The largest absolute Gasteiger partial charge is 0.451 e. The van der Waals surface area contributed by atoms with Crippen molar-refractivity contribution in [2.45, 2.75) is 17.9 Å². The molecule has 140 valence electrons. The van der Waals surface area contributed by atoms with Crippen LogP contribution in [0.1, 0.15) is 27.6 Å². The number of hydrogen-bond acceptors (Lipinski definition) is 5. The SMILES string of the molecule is CC(OC(=O)c1cc(S(N)(=O)=O)ccc1Cl)C(=O)c1c[nH]c2ccccc12. The van der Waals surface area contributed by atoms with Crippen LogP contribution in [-0.4, -0.2) is 31.3 Å². The van der Waals surface area contributed by atoms with Crippen LogP contribution >= 0.6 is 11.6 Å². The van der Waals surface area contributed by atoms with Crippen LogP contribution in [0.2, 0.25) is 5.02 Å². The van der Waals surface area contributed by atoms with Gasteiger partial charge in [-0.3, -0.25) is 4.79 Å². The van der Waals surface area contributed by atoms with E-state index in [1.54, 1.807) is 18.3 Å². The molecule has 0 aliphatic carbocycles. The molecule has 0 amide bonds. The molecule has 3 N–H and O–H groups in total. The summed E-state index contributed by atoms with van der Waals surface area (Å²) in [5.74, 6) is -1.33.